The minimum Gasteiger partial charge on any atom is -0.484 e. The Kier molecular flexibility index (Phi) is 7.60. The van der Waals surface area contributed by atoms with Gasteiger partial charge in [-0.25, -0.2) is 0 Å². The van der Waals surface area contributed by atoms with Gasteiger partial charge in [-0.15, -0.1) is 0 Å². The smallest absolute Gasteiger partial charge is 0.262 e. The third-order valence-corrected chi connectivity index (χ3v) is 6.18. The molecule has 1 fully saturated rings. The molecule has 0 spiro atoms. The summed E-state index contributed by atoms with van der Waals surface area (Å²) >= 11 is 12.4. The Hall–Kier alpha value is -3.22. The zero-order valence-corrected chi connectivity index (χ0v) is 20.3. The Morgan fingerprint density at radius 1 is 0.912 bits per heavy atom. The first-order valence-corrected chi connectivity index (χ1v) is 11.7. The van der Waals surface area contributed by atoms with Crippen LogP contribution in [0.3, 0.4) is 0 Å². The second kappa shape index (κ2) is 10.8. The Bertz CT molecular complexity index is 1160. The summed E-state index contributed by atoms with van der Waals surface area (Å²) in [5.41, 5.74) is 3.15. The van der Waals surface area contributed by atoms with Crippen LogP contribution in [-0.2, 0) is 4.79 Å². The van der Waals surface area contributed by atoms with E-state index in [0.29, 0.717) is 53.2 Å². The van der Waals surface area contributed by atoms with Crippen molar-refractivity contribution in [2.45, 2.75) is 6.92 Å². The molecule has 176 valence electrons. The van der Waals surface area contributed by atoms with Crippen molar-refractivity contribution in [1.82, 2.24) is 4.90 Å². The largest absolute Gasteiger partial charge is 0.484 e. The first-order chi connectivity index (χ1) is 16.4. The molecule has 1 heterocycles. The van der Waals surface area contributed by atoms with Crippen molar-refractivity contribution in [3.8, 4) is 5.75 Å². The zero-order chi connectivity index (χ0) is 24.1. The predicted molar refractivity (Wildman–Crippen MR) is 136 cm³/mol. The fourth-order valence-electron chi connectivity index (χ4n) is 3.82. The molecule has 0 aromatic heterocycles. The Balaban J connectivity index is 1.39. The summed E-state index contributed by atoms with van der Waals surface area (Å²) < 4.78 is 5.54. The second-order valence-corrected chi connectivity index (χ2v) is 8.92. The van der Waals surface area contributed by atoms with Crippen molar-refractivity contribution >= 4 is 46.4 Å². The van der Waals surface area contributed by atoms with E-state index in [4.69, 9.17) is 27.9 Å². The number of anilines is 2. The topological polar surface area (TPSA) is 61.9 Å². The van der Waals surface area contributed by atoms with Gasteiger partial charge in [0.2, 0.25) is 0 Å². The average molecular weight is 498 g/mol. The summed E-state index contributed by atoms with van der Waals surface area (Å²) in [4.78, 5) is 29.3. The molecule has 0 radical (unpaired) electrons. The van der Waals surface area contributed by atoms with Gasteiger partial charge in [0.05, 0.1) is 16.4 Å². The monoisotopic (exact) mass is 497 g/mol. The average Bonchev–Trinajstić information content (AvgIpc) is 2.84. The lowest BCUT2D eigenvalue weighted by atomic mass is 10.1. The van der Waals surface area contributed by atoms with Crippen LogP contribution >= 0.6 is 23.2 Å². The molecule has 1 aliphatic heterocycles. The van der Waals surface area contributed by atoms with Gasteiger partial charge in [-0.05, 0) is 55.5 Å². The second-order valence-electron chi connectivity index (χ2n) is 8.07. The summed E-state index contributed by atoms with van der Waals surface area (Å²) in [7, 11) is 0. The number of carbonyl (C=O) groups excluding carboxylic acids is 2. The van der Waals surface area contributed by atoms with Crippen LogP contribution in [0, 0.1) is 6.92 Å². The molecule has 8 heteroatoms. The lowest BCUT2D eigenvalue weighted by Gasteiger charge is -2.37. The Labute approximate surface area is 209 Å². The molecule has 1 saturated heterocycles. The Morgan fingerprint density at radius 2 is 1.59 bits per heavy atom. The number of nitrogens with zero attached hydrogens (tertiary/aromatic N) is 2. The maximum Gasteiger partial charge on any atom is 0.262 e. The van der Waals surface area contributed by atoms with Gasteiger partial charge < -0.3 is 19.9 Å². The zero-order valence-electron chi connectivity index (χ0n) is 18.8. The van der Waals surface area contributed by atoms with Crippen LogP contribution in [0.5, 0.6) is 5.75 Å². The van der Waals surface area contributed by atoms with Crippen molar-refractivity contribution < 1.29 is 14.3 Å². The third-order valence-electron chi connectivity index (χ3n) is 5.63. The van der Waals surface area contributed by atoms with Gasteiger partial charge in [0.15, 0.2) is 6.61 Å². The number of piperazine rings is 1. The molecular formula is C26H25Cl2N3O3. The van der Waals surface area contributed by atoms with Gasteiger partial charge in [0, 0.05) is 36.8 Å². The molecule has 6 nitrogen and oxygen atoms in total. The predicted octanol–water partition coefficient (Wildman–Crippen LogP) is 5.28. The minimum atomic E-state index is -0.299. The minimum absolute atomic E-state index is 0.0201. The fourth-order valence-corrected chi connectivity index (χ4v) is 4.24. The van der Waals surface area contributed by atoms with E-state index in [2.05, 4.69) is 10.2 Å². The molecular weight excluding hydrogens is 473 g/mol. The Morgan fingerprint density at radius 3 is 2.26 bits per heavy atom. The molecule has 0 saturated carbocycles. The molecule has 3 aromatic rings. The lowest BCUT2D eigenvalue weighted by Crippen LogP contribution is -2.49. The number of nitrogens with one attached hydrogen (secondary N) is 1. The van der Waals surface area contributed by atoms with Crippen molar-refractivity contribution in [3.63, 3.8) is 0 Å². The fraction of sp³-hybridized carbons (Fsp3) is 0.231. The number of carbonyl (C=O) groups is 2. The number of hydrogen-bond acceptors (Lipinski definition) is 4. The summed E-state index contributed by atoms with van der Waals surface area (Å²) in [5.74, 6) is 0.276. The van der Waals surface area contributed by atoms with E-state index in [0.717, 1.165) is 11.3 Å². The number of ether oxygens (including phenoxy) is 1. The van der Waals surface area contributed by atoms with Crippen molar-refractivity contribution in [3.05, 3.63) is 87.9 Å². The molecule has 1 N–H and O–H groups in total. The number of benzene rings is 3. The van der Waals surface area contributed by atoms with Gasteiger partial charge in [0.25, 0.3) is 11.8 Å². The van der Waals surface area contributed by atoms with Crippen LogP contribution in [0.4, 0.5) is 11.4 Å². The van der Waals surface area contributed by atoms with E-state index in [-0.39, 0.29) is 18.4 Å². The molecule has 2 amide bonds. The highest BCUT2D eigenvalue weighted by molar-refractivity contribution is 6.34. The van der Waals surface area contributed by atoms with Crippen LogP contribution in [0.15, 0.2) is 66.7 Å². The molecule has 4 rings (SSSR count). The van der Waals surface area contributed by atoms with Crippen molar-refractivity contribution in [1.29, 1.82) is 0 Å². The number of amides is 2. The number of halogens is 2. The molecule has 34 heavy (non-hydrogen) atoms. The van der Waals surface area contributed by atoms with Crippen LogP contribution < -0.4 is 15.0 Å². The van der Waals surface area contributed by atoms with Crippen LogP contribution in [0.25, 0.3) is 0 Å². The third kappa shape index (κ3) is 5.82. The van der Waals surface area contributed by atoms with Gasteiger partial charge in [-0.2, -0.15) is 0 Å². The first-order valence-electron chi connectivity index (χ1n) is 11.0. The van der Waals surface area contributed by atoms with E-state index in [9.17, 15) is 9.59 Å². The SMILES string of the molecule is Cc1ccc(C(=O)N2CCN(c3c(Cl)cccc3NC(=O)COc3ccc(Cl)cc3)CC2)cc1. The highest BCUT2D eigenvalue weighted by atomic mass is 35.5. The number of aryl methyl sites for hydroxylation is 1. The van der Waals surface area contributed by atoms with Crippen LogP contribution in [-0.4, -0.2) is 49.5 Å². The van der Waals surface area contributed by atoms with Crippen molar-refractivity contribution in [2.24, 2.45) is 0 Å². The first kappa shape index (κ1) is 23.9. The summed E-state index contributed by atoms with van der Waals surface area (Å²) in [5, 5.41) is 4.03. The number of hydrogen-bond donors (Lipinski definition) is 1. The highest BCUT2D eigenvalue weighted by Gasteiger charge is 2.25. The highest BCUT2D eigenvalue weighted by Crippen LogP contribution is 2.34. The molecule has 0 aliphatic carbocycles. The standard InChI is InChI=1S/C26H25Cl2N3O3/c1-18-5-7-19(8-6-18)26(33)31-15-13-30(14-16-31)25-22(28)3-2-4-23(25)29-24(32)17-34-21-11-9-20(27)10-12-21/h2-12H,13-17H2,1H3,(H,29,32). The van der Waals surface area contributed by atoms with Crippen LogP contribution in [0.1, 0.15) is 15.9 Å². The van der Waals surface area contributed by atoms with E-state index in [1.807, 2.05) is 42.2 Å². The lowest BCUT2D eigenvalue weighted by molar-refractivity contribution is -0.118. The van der Waals surface area contributed by atoms with E-state index in [1.54, 1.807) is 36.4 Å². The molecule has 0 atom stereocenters. The number of para-hydroxylation sites is 1. The molecule has 0 bridgehead atoms. The maximum absolute atomic E-state index is 12.8. The van der Waals surface area contributed by atoms with Crippen molar-refractivity contribution in [2.75, 3.05) is 43.0 Å². The molecule has 3 aromatic carbocycles. The molecule has 1 aliphatic rings. The molecule has 0 unspecified atom stereocenters. The maximum atomic E-state index is 12.8. The normalized spacial score (nSPS) is 13.5. The van der Waals surface area contributed by atoms with E-state index < -0.39 is 0 Å². The van der Waals surface area contributed by atoms with Crippen LogP contribution in [0.2, 0.25) is 10.0 Å². The van der Waals surface area contributed by atoms with Gasteiger partial charge in [-0.1, -0.05) is 47.0 Å². The van der Waals surface area contributed by atoms with E-state index >= 15 is 0 Å². The van der Waals surface area contributed by atoms with Gasteiger partial charge in [-0.3, -0.25) is 9.59 Å². The van der Waals surface area contributed by atoms with Gasteiger partial charge >= 0.3 is 0 Å². The van der Waals surface area contributed by atoms with E-state index in [1.165, 1.54) is 0 Å². The quantitative estimate of drug-likeness (QED) is 0.503. The number of rotatable bonds is 6. The van der Waals surface area contributed by atoms with Gasteiger partial charge in [0.1, 0.15) is 5.75 Å². The summed E-state index contributed by atoms with van der Waals surface area (Å²) in [6.45, 7) is 4.18. The summed E-state index contributed by atoms with van der Waals surface area (Å²) in [6.07, 6.45) is 0. The summed E-state index contributed by atoms with van der Waals surface area (Å²) in [6, 6.07) is 19.8.